The number of nitrogens with one attached hydrogen (secondary N) is 3. The van der Waals surface area contributed by atoms with Crippen molar-refractivity contribution in [1.82, 2.24) is 20.5 Å². The summed E-state index contributed by atoms with van der Waals surface area (Å²) in [6, 6.07) is 7.26. The van der Waals surface area contributed by atoms with Crippen LogP contribution < -0.4 is 10.6 Å². The Kier molecular flexibility index (Phi) is 4.30. The molecule has 1 fully saturated rings. The molecule has 0 saturated carbocycles. The fourth-order valence-corrected chi connectivity index (χ4v) is 3.08. The van der Waals surface area contributed by atoms with E-state index in [1.165, 1.54) is 6.42 Å². The normalized spacial score (nSPS) is 16.9. The predicted molar refractivity (Wildman–Crippen MR) is 93.2 cm³/mol. The van der Waals surface area contributed by atoms with Gasteiger partial charge in [-0.2, -0.15) is 5.10 Å². The number of aromatic nitrogens is 3. The lowest BCUT2D eigenvalue weighted by Crippen LogP contribution is -2.14. The molecule has 4 heterocycles. The van der Waals surface area contributed by atoms with Crippen LogP contribution in [0.3, 0.4) is 0 Å². The van der Waals surface area contributed by atoms with Crippen molar-refractivity contribution >= 4 is 11.7 Å². The van der Waals surface area contributed by atoms with Gasteiger partial charge in [-0.3, -0.25) is 14.9 Å². The zero-order valence-corrected chi connectivity index (χ0v) is 13.7. The zero-order chi connectivity index (χ0) is 17.1. The van der Waals surface area contributed by atoms with Crippen LogP contribution in [0.1, 0.15) is 22.3 Å². The maximum absolute atomic E-state index is 12.5. The highest BCUT2D eigenvalue weighted by atomic mass is 16.3. The maximum atomic E-state index is 12.5. The molecule has 0 aromatic carbocycles. The second kappa shape index (κ2) is 6.90. The number of carbonyl (C=O) groups excluding carboxylic acids is 1. The van der Waals surface area contributed by atoms with Gasteiger partial charge in [0.15, 0.2) is 11.6 Å². The van der Waals surface area contributed by atoms with Gasteiger partial charge in [-0.15, -0.1) is 0 Å². The van der Waals surface area contributed by atoms with Gasteiger partial charge < -0.3 is 15.1 Å². The number of H-pyrrole nitrogens is 1. The number of pyridine rings is 1. The minimum atomic E-state index is -0.226. The molecule has 3 aromatic rings. The number of hydrogen-bond acceptors (Lipinski definition) is 5. The van der Waals surface area contributed by atoms with Crippen LogP contribution in [0, 0.1) is 5.92 Å². The van der Waals surface area contributed by atoms with Gasteiger partial charge in [-0.1, -0.05) is 0 Å². The Morgan fingerprint density at radius 3 is 3.12 bits per heavy atom. The van der Waals surface area contributed by atoms with Crippen LogP contribution in [-0.2, 0) is 6.42 Å². The van der Waals surface area contributed by atoms with Crippen molar-refractivity contribution in [1.29, 1.82) is 0 Å². The summed E-state index contributed by atoms with van der Waals surface area (Å²) in [5.41, 5.74) is 2.33. The van der Waals surface area contributed by atoms with Crippen LogP contribution in [0.2, 0.25) is 0 Å². The minimum Gasteiger partial charge on any atom is -0.463 e. The molecule has 3 aromatic heterocycles. The van der Waals surface area contributed by atoms with Crippen molar-refractivity contribution in [2.75, 3.05) is 18.4 Å². The SMILES string of the molecule is O=C(Nc1cc(-c2ccco2)[nH]n1)c1cncc(CC2CCNC2)c1. The van der Waals surface area contributed by atoms with Crippen LogP contribution in [0.15, 0.2) is 47.3 Å². The van der Waals surface area contributed by atoms with Crippen molar-refractivity contribution in [2.45, 2.75) is 12.8 Å². The van der Waals surface area contributed by atoms with E-state index in [-0.39, 0.29) is 5.91 Å². The number of rotatable bonds is 5. The Morgan fingerprint density at radius 2 is 2.32 bits per heavy atom. The lowest BCUT2D eigenvalue weighted by Gasteiger charge is -2.09. The summed E-state index contributed by atoms with van der Waals surface area (Å²) >= 11 is 0. The molecule has 4 rings (SSSR count). The van der Waals surface area contributed by atoms with Crippen molar-refractivity contribution in [3.63, 3.8) is 0 Å². The number of anilines is 1. The molecule has 1 amide bonds. The van der Waals surface area contributed by atoms with E-state index in [1.54, 1.807) is 24.6 Å². The van der Waals surface area contributed by atoms with Crippen LogP contribution in [0.25, 0.3) is 11.5 Å². The first-order chi connectivity index (χ1) is 12.3. The summed E-state index contributed by atoms with van der Waals surface area (Å²) in [6.07, 6.45) is 7.10. The monoisotopic (exact) mass is 337 g/mol. The summed E-state index contributed by atoms with van der Waals surface area (Å²) in [4.78, 5) is 16.7. The fraction of sp³-hybridized carbons (Fsp3) is 0.278. The largest absolute Gasteiger partial charge is 0.463 e. The molecule has 25 heavy (non-hydrogen) atoms. The summed E-state index contributed by atoms with van der Waals surface area (Å²) in [5.74, 6) is 1.50. The second-order valence-corrected chi connectivity index (χ2v) is 6.24. The summed E-state index contributed by atoms with van der Waals surface area (Å²) in [7, 11) is 0. The first kappa shape index (κ1) is 15.6. The molecule has 7 nitrogen and oxygen atoms in total. The molecular formula is C18H19N5O2. The Morgan fingerprint density at radius 1 is 1.36 bits per heavy atom. The number of furan rings is 1. The van der Waals surface area contributed by atoms with E-state index in [9.17, 15) is 4.79 Å². The van der Waals surface area contributed by atoms with Gasteiger partial charge in [-0.05, 0) is 55.6 Å². The number of aromatic amines is 1. The van der Waals surface area contributed by atoms with Crippen molar-refractivity contribution in [3.05, 3.63) is 54.0 Å². The van der Waals surface area contributed by atoms with Crippen LogP contribution in [-0.4, -0.2) is 34.2 Å². The highest BCUT2D eigenvalue weighted by Crippen LogP contribution is 2.20. The minimum absolute atomic E-state index is 0.226. The van der Waals surface area contributed by atoms with Crippen LogP contribution in [0.4, 0.5) is 5.82 Å². The van der Waals surface area contributed by atoms with E-state index in [2.05, 4.69) is 25.8 Å². The van der Waals surface area contributed by atoms with Crippen molar-refractivity contribution in [3.8, 4) is 11.5 Å². The molecule has 0 spiro atoms. The first-order valence-corrected chi connectivity index (χ1v) is 8.33. The lowest BCUT2D eigenvalue weighted by atomic mass is 9.99. The van der Waals surface area contributed by atoms with Gasteiger partial charge in [0.2, 0.25) is 0 Å². The third-order valence-corrected chi connectivity index (χ3v) is 4.35. The van der Waals surface area contributed by atoms with E-state index in [4.69, 9.17) is 4.42 Å². The molecule has 1 saturated heterocycles. The van der Waals surface area contributed by atoms with Crippen molar-refractivity contribution < 1.29 is 9.21 Å². The van der Waals surface area contributed by atoms with Gasteiger partial charge in [0.05, 0.1) is 11.8 Å². The first-order valence-electron chi connectivity index (χ1n) is 8.33. The fourth-order valence-electron chi connectivity index (χ4n) is 3.08. The molecule has 0 radical (unpaired) electrons. The summed E-state index contributed by atoms with van der Waals surface area (Å²) in [6.45, 7) is 2.09. The van der Waals surface area contributed by atoms with Gasteiger partial charge in [0.1, 0.15) is 5.69 Å². The molecule has 0 bridgehead atoms. The zero-order valence-electron chi connectivity index (χ0n) is 13.7. The van der Waals surface area contributed by atoms with E-state index in [0.29, 0.717) is 28.8 Å². The number of amides is 1. The number of carbonyl (C=O) groups is 1. The summed E-state index contributed by atoms with van der Waals surface area (Å²) in [5, 5.41) is 13.1. The molecule has 128 valence electrons. The third kappa shape index (κ3) is 3.61. The number of hydrogen-bond donors (Lipinski definition) is 3. The Balaban J connectivity index is 1.44. The molecule has 1 aliphatic rings. The molecule has 1 unspecified atom stereocenters. The van der Waals surface area contributed by atoms with E-state index in [1.807, 2.05) is 18.3 Å². The highest BCUT2D eigenvalue weighted by Gasteiger charge is 2.16. The summed E-state index contributed by atoms with van der Waals surface area (Å²) < 4.78 is 5.30. The maximum Gasteiger partial charge on any atom is 0.258 e. The molecule has 7 heteroatoms. The van der Waals surface area contributed by atoms with Gasteiger partial charge in [0, 0.05) is 18.5 Å². The standard InChI is InChI=1S/C18H19N5O2/c24-18(21-17-8-15(22-23-17)16-2-1-5-25-16)14-7-13(10-20-11-14)6-12-3-4-19-9-12/h1-2,5,7-8,10-12,19H,3-4,6,9H2,(H2,21,22,23,24). The van der Waals surface area contributed by atoms with E-state index >= 15 is 0 Å². The van der Waals surface area contributed by atoms with Crippen LogP contribution in [0.5, 0.6) is 0 Å². The number of nitrogens with zero attached hydrogens (tertiary/aromatic N) is 2. The topological polar surface area (TPSA) is 95.8 Å². The predicted octanol–water partition coefficient (Wildman–Crippen LogP) is 2.47. The smallest absolute Gasteiger partial charge is 0.258 e. The average molecular weight is 337 g/mol. The van der Waals surface area contributed by atoms with Gasteiger partial charge in [-0.25, -0.2) is 0 Å². The molecule has 1 aliphatic heterocycles. The Labute approximate surface area is 144 Å². The lowest BCUT2D eigenvalue weighted by molar-refractivity contribution is 0.102. The van der Waals surface area contributed by atoms with E-state index < -0.39 is 0 Å². The third-order valence-electron chi connectivity index (χ3n) is 4.35. The van der Waals surface area contributed by atoms with E-state index in [0.717, 1.165) is 25.1 Å². The highest BCUT2D eigenvalue weighted by molar-refractivity contribution is 6.03. The second-order valence-electron chi connectivity index (χ2n) is 6.24. The molecule has 3 N–H and O–H groups in total. The van der Waals surface area contributed by atoms with Crippen molar-refractivity contribution in [2.24, 2.45) is 5.92 Å². The molecule has 0 aliphatic carbocycles. The van der Waals surface area contributed by atoms with Gasteiger partial charge in [0.25, 0.3) is 5.91 Å². The quantitative estimate of drug-likeness (QED) is 0.665. The molecule has 1 atom stereocenters. The Hall–Kier alpha value is -2.93. The molecular weight excluding hydrogens is 318 g/mol. The average Bonchev–Trinajstić information content (AvgIpc) is 3.37. The van der Waals surface area contributed by atoms with Crippen LogP contribution >= 0.6 is 0 Å². The Bertz CT molecular complexity index is 850. The van der Waals surface area contributed by atoms with Gasteiger partial charge >= 0.3 is 0 Å².